The third kappa shape index (κ3) is 8.72. The van der Waals surface area contributed by atoms with Crippen molar-refractivity contribution in [1.82, 2.24) is 10.2 Å². The number of hydrogen-bond acceptors (Lipinski definition) is 4. The summed E-state index contributed by atoms with van der Waals surface area (Å²) in [5, 5.41) is 6.25. The molecule has 0 heterocycles. The van der Waals surface area contributed by atoms with Gasteiger partial charge in [0.2, 0.25) is 5.91 Å². The fourth-order valence-electron chi connectivity index (χ4n) is 4.49. The summed E-state index contributed by atoms with van der Waals surface area (Å²) < 4.78 is 5.49. The zero-order chi connectivity index (χ0) is 30.2. The van der Waals surface area contributed by atoms with Crippen LogP contribution in [0.5, 0.6) is 0 Å². The van der Waals surface area contributed by atoms with E-state index in [1.807, 2.05) is 71.9 Å². The predicted molar refractivity (Wildman–Crippen MR) is 163 cm³/mol. The third-order valence-corrected chi connectivity index (χ3v) is 7.47. The molecule has 0 radical (unpaired) electrons. The molecule has 7 nitrogen and oxygen atoms in total. The van der Waals surface area contributed by atoms with Gasteiger partial charge in [-0.05, 0) is 82.2 Å². The lowest BCUT2D eigenvalue weighted by atomic mass is 9.92. The number of para-hydroxylation sites is 1. The first-order chi connectivity index (χ1) is 18.7. The third-order valence-electron chi connectivity index (χ3n) is 7.16. The Labute approximate surface area is 245 Å². The molecule has 0 bridgehead atoms. The van der Waals surface area contributed by atoms with Crippen molar-refractivity contribution in [3.63, 3.8) is 0 Å². The second-order valence-corrected chi connectivity index (χ2v) is 11.9. The van der Waals surface area contributed by atoms with Crippen molar-refractivity contribution in [2.24, 2.45) is 5.92 Å². The van der Waals surface area contributed by atoms with Gasteiger partial charge in [-0.15, -0.1) is 0 Å². The molecule has 220 valence electrons. The number of carbonyl (C=O) groups excluding carboxylic acids is 3. The van der Waals surface area contributed by atoms with E-state index in [1.165, 1.54) is 0 Å². The molecule has 2 aromatic rings. The Morgan fingerprint density at radius 1 is 1.00 bits per heavy atom. The number of alkyl carbamates (subject to hydrolysis) is 1. The number of anilines is 1. The molecule has 0 saturated carbocycles. The Hall–Kier alpha value is -3.06. The number of hydrogen-bond donors (Lipinski definition) is 2. The maximum absolute atomic E-state index is 14.4. The van der Waals surface area contributed by atoms with E-state index in [1.54, 1.807) is 31.7 Å². The molecule has 40 heavy (non-hydrogen) atoms. The maximum Gasteiger partial charge on any atom is 0.408 e. The van der Waals surface area contributed by atoms with E-state index in [0.29, 0.717) is 30.1 Å². The Morgan fingerprint density at radius 3 is 2.20 bits per heavy atom. The molecule has 0 aliphatic carbocycles. The lowest BCUT2D eigenvalue weighted by molar-refractivity contribution is -0.142. The number of unbranched alkanes of at least 4 members (excludes halogenated alkanes) is 1. The zero-order valence-corrected chi connectivity index (χ0v) is 26.2. The quantitative estimate of drug-likeness (QED) is 0.292. The minimum Gasteiger partial charge on any atom is -0.444 e. The van der Waals surface area contributed by atoms with E-state index in [-0.39, 0.29) is 17.7 Å². The topological polar surface area (TPSA) is 87.7 Å². The van der Waals surface area contributed by atoms with Gasteiger partial charge in [0, 0.05) is 6.54 Å². The van der Waals surface area contributed by atoms with Crippen LogP contribution in [0.1, 0.15) is 89.1 Å². The molecule has 0 fully saturated rings. The number of ether oxygens (including phenoxy) is 1. The number of amides is 3. The van der Waals surface area contributed by atoms with Crippen LogP contribution >= 0.6 is 11.6 Å². The number of nitrogens with one attached hydrogen (secondary N) is 2. The largest absolute Gasteiger partial charge is 0.444 e. The van der Waals surface area contributed by atoms with Gasteiger partial charge in [0.25, 0.3) is 5.91 Å². The van der Waals surface area contributed by atoms with E-state index >= 15 is 0 Å². The predicted octanol–water partition coefficient (Wildman–Crippen LogP) is 7.51. The van der Waals surface area contributed by atoms with Gasteiger partial charge in [0.15, 0.2) is 0 Å². The van der Waals surface area contributed by atoms with Gasteiger partial charge in [-0.3, -0.25) is 9.59 Å². The van der Waals surface area contributed by atoms with E-state index in [0.717, 1.165) is 28.7 Å². The minimum absolute atomic E-state index is 0.197. The highest BCUT2D eigenvalue weighted by Gasteiger charge is 2.38. The highest BCUT2D eigenvalue weighted by Crippen LogP contribution is 2.32. The first-order valence-corrected chi connectivity index (χ1v) is 14.5. The number of aryl methyl sites for hydroxylation is 2. The number of halogens is 1. The SMILES string of the molecule is CCCCN(C(=O)C(NC(=O)OC(C)(C)C)C(C)CC)C(C(=O)Nc1c(C)cccc1Cl)c1cccc(C)c1C. The average molecular weight is 572 g/mol. The van der Waals surface area contributed by atoms with Gasteiger partial charge < -0.3 is 20.3 Å². The summed E-state index contributed by atoms with van der Waals surface area (Å²) in [6.45, 7) is 17.4. The molecule has 3 amide bonds. The minimum atomic E-state index is -0.943. The smallest absolute Gasteiger partial charge is 0.408 e. The van der Waals surface area contributed by atoms with Gasteiger partial charge >= 0.3 is 6.09 Å². The fraction of sp³-hybridized carbons (Fsp3) is 0.531. The van der Waals surface area contributed by atoms with Crippen molar-refractivity contribution in [2.45, 2.75) is 99.3 Å². The van der Waals surface area contributed by atoms with Crippen LogP contribution in [0.2, 0.25) is 5.02 Å². The summed E-state index contributed by atoms with van der Waals surface area (Å²) in [6.07, 6.45) is 1.49. The molecule has 0 aliphatic heterocycles. The summed E-state index contributed by atoms with van der Waals surface area (Å²) in [4.78, 5) is 43.0. The monoisotopic (exact) mass is 571 g/mol. The maximum atomic E-state index is 14.4. The fourth-order valence-corrected chi connectivity index (χ4v) is 4.76. The number of nitrogens with zero attached hydrogens (tertiary/aromatic N) is 1. The molecular weight excluding hydrogens is 526 g/mol. The number of benzene rings is 2. The first-order valence-electron chi connectivity index (χ1n) is 14.1. The van der Waals surface area contributed by atoms with Crippen LogP contribution in [0.4, 0.5) is 10.5 Å². The van der Waals surface area contributed by atoms with Gasteiger partial charge in [-0.2, -0.15) is 0 Å². The molecule has 8 heteroatoms. The van der Waals surface area contributed by atoms with E-state index < -0.39 is 23.8 Å². The van der Waals surface area contributed by atoms with Crippen LogP contribution < -0.4 is 10.6 Å². The molecule has 2 rings (SSSR count). The second kappa shape index (κ2) is 14.5. The van der Waals surface area contributed by atoms with Gasteiger partial charge in [-0.1, -0.05) is 75.5 Å². The second-order valence-electron chi connectivity index (χ2n) is 11.5. The summed E-state index contributed by atoms with van der Waals surface area (Å²) in [5.41, 5.74) is 3.27. The van der Waals surface area contributed by atoms with Crippen molar-refractivity contribution in [1.29, 1.82) is 0 Å². The van der Waals surface area contributed by atoms with Crippen LogP contribution in [0.3, 0.4) is 0 Å². The van der Waals surface area contributed by atoms with E-state index in [2.05, 4.69) is 10.6 Å². The molecule has 3 atom stereocenters. The van der Waals surface area contributed by atoms with Crippen LogP contribution in [-0.4, -0.2) is 41.0 Å². The highest BCUT2D eigenvalue weighted by atomic mass is 35.5. The van der Waals surface area contributed by atoms with Crippen molar-refractivity contribution in [2.75, 3.05) is 11.9 Å². The molecule has 0 aromatic heterocycles. The first kappa shape index (κ1) is 33.1. The molecule has 0 aliphatic rings. The normalized spacial score (nSPS) is 13.7. The van der Waals surface area contributed by atoms with Crippen LogP contribution in [0.15, 0.2) is 36.4 Å². The van der Waals surface area contributed by atoms with Gasteiger partial charge in [0.05, 0.1) is 10.7 Å². The Kier molecular flexibility index (Phi) is 12.0. The van der Waals surface area contributed by atoms with E-state index in [9.17, 15) is 14.4 Å². The number of rotatable bonds is 11. The van der Waals surface area contributed by atoms with Crippen molar-refractivity contribution < 1.29 is 19.1 Å². The molecule has 3 unspecified atom stereocenters. The van der Waals surface area contributed by atoms with Crippen LogP contribution in [0, 0.1) is 26.7 Å². The summed E-state index contributed by atoms with van der Waals surface area (Å²) in [6, 6.07) is 9.37. The molecular formula is C32H46ClN3O4. The van der Waals surface area contributed by atoms with Crippen molar-refractivity contribution in [3.8, 4) is 0 Å². The molecule has 2 N–H and O–H groups in total. The van der Waals surface area contributed by atoms with Crippen molar-refractivity contribution in [3.05, 3.63) is 63.7 Å². The summed E-state index contributed by atoms with van der Waals surface area (Å²) >= 11 is 6.47. The molecule has 0 spiro atoms. The number of carbonyl (C=O) groups is 3. The molecule has 0 saturated heterocycles. The standard InChI is InChI=1S/C32H46ClN3O4/c1-10-12-19-36(30(38)27(20(3)11-2)35-31(39)40-32(7,8)9)28(24-17-13-15-21(4)23(24)6)29(37)34-26-22(5)16-14-18-25(26)33/h13-18,20,27-28H,10-12,19H2,1-9H3,(H,34,37)(H,35,39). The lowest BCUT2D eigenvalue weighted by Gasteiger charge is -2.37. The van der Waals surface area contributed by atoms with E-state index in [4.69, 9.17) is 16.3 Å². The molecule has 2 aromatic carbocycles. The Balaban J connectivity index is 2.65. The zero-order valence-electron chi connectivity index (χ0n) is 25.5. The lowest BCUT2D eigenvalue weighted by Crippen LogP contribution is -2.55. The van der Waals surface area contributed by atoms with Crippen LogP contribution in [-0.2, 0) is 14.3 Å². The Bertz CT molecular complexity index is 1170. The average Bonchev–Trinajstić information content (AvgIpc) is 2.87. The van der Waals surface area contributed by atoms with Crippen molar-refractivity contribution >= 4 is 35.2 Å². The Morgan fingerprint density at radius 2 is 1.62 bits per heavy atom. The highest BCUT2D eigenvalue weighted by molar-refractivity contribution is 6.34. The summed E-state index contributed by atoms with van der Waals surface area (Å²) in [5.74, 6) is -0.891. The van der Waals surface area contributed by atoms with Gasteiger partial charge in [0.1, 0.15) is 17.7 Å². The van der Waals surface area contributed by atoms with Gasteiger partial charge in [-0.25, -0.2) is 4.79 Å². The van der Waals surface area contributed by atoms with Crippen LogP contribution in [0.25, 0.3) is 0 Å². The summed E-state index contributed by atoms with van der Waals surface area (Å²) in [7, 11) is 0.